The van der Waals surface area contributed by atoms with E-state index < -0.39 is 0 Å². The summed E-state index contributed by atoms with van der Waals surface area (Å²) in [5.74, 6) is 0.483. The number of halogens is 1. The van der Waals surface area contributed by atoms with Crippen LogP contribution in [0.4, 0.5) is 0 Å². The molecule has 4 heteroatoms. The van der Waals surface area contributed by atoms with Crippen LogP contribution in [0.2, 0.25) is 0 Å². The molecule has 3 rings (SSSR count). The predicted molar refractivity (Wildman–Crippen MR) is 94.8 cm³/mol. The Morgan fingerprint density at radius 2 is 1.96 bits per heavy atom. The van der Waals surface area contributed by atoms with Crippen LogP contribution in [0.1, 0.15) is 39.2 Å². The Morgan fingerprint density at radius 3 is 2.61 bits per heavy atom. The van der Waals surface area contributed by atoms with Crippen LogP contribution in [-0.4, -0.2) is 35.3 Å². The van der Waals surface area contributed by atoms with Crippen molar-refractivity contribution in [3.05, 3.63) is 35.9 Å². The van der Waals surface area contributed by atoms with E-state index in [1.165, 1.54) is 5.56 Å². The minimum Gasteiger partial charge on any atom is -0.374 e. The van der Waals surface area contributed by atoms with Crippen molar-refractivity contribution in [1.82, 2.24) is 0 Å². The highest BCUT2D eigenvalue weighted by Crippen LogP contribution is 2.57. The molecule has 2 saturated heterocycles. The summed E-state index contributed by atoms with van der Waals surface area (Å²) in [6, 6.07) is 10.2. The highest BCUT2D eigenvalue weighted by molar-refractivity contribution is 9.09. The first-order valence-electron chi connectivity index (χ1n) is 8.54. The van der Waals surface area contributed by atoms with Crippen LogP contribution in [0.15, 0.2) is 30.3 Å². The fourth-order valence-corrected chi connectivity index (χ4v) is 5.36. The van der Waals surface area contributed by atoms with Crippen LogP contribution in [0, 0.1) is 5.92 Å². The molecule has 0 radical (unpaired) electrons. The second-order valence-electron chi connectivity index (χ2n) is 7.30. The van der Waals surface area contributed by atoms with E-state index in [0.29, 0.717) is 30.6 Å². The summed E-state index contributed by atoms with van der Waals surface area (Å²) in [6.45, 7) is 8.55. The van der Waals surface area contributed by atoms with Gasteiger partial charge in [0.1, 0.15) is 0 Å². The van der Waals surface area contributed by atoms with E-state index in [9.17, 15) is 0 Å². The van der Waals surface area contributed by atoms with E-state index in [1.54, 1.807) is 0 Å². The molecular weight excluding hydrogens is 356 g/mol. The van der Waals surface area contributed by atoms with Gasteiger partial charge >= 0.3 is 0 Å². The topological polar surface area (TPSA) is 27.7 Å². The molecule has 2 fully saturated rings. The molecule has 0 N–H and O–H groups in total. The van der Waals surface area contributed by atoms with Crippen LogP contribution in [0.3, 0.4) is 0 Å². The Balaban J connectivity index is 1.45. The summed E-state index contributed by atoms with van der Waals surface area (Å²) in [7, 11) is 0. The lowest BCUT2D eigenvalue weighted by Crippen LogP contribution is -2.45. The Morgan fingerprint density at radius 1 is 1.22 bits per heavy atom. The van der Waals surface area contributed by atoms with Gasteiger partial charge in [0.2, 0.25) is 0 Å². The van der Waals surface area contributed by atoms with Crippen LogP contribution >= 0.6 is 15.9 Å². The molecule has 23 heavy (non-hydrogen) atoms. The van der Waals surface area contributed by atoms with E-state index in [0.717, 1.165) is 12.8 Å². The smallest absolute Gasteiger partial charge is 0.0936 e. The molecule has 2 aliphatic heterocycles. The average molecular weight is 383 g/mol. The summed E-state index contributed by atoms with van der Waals surface area (Å²) in [4.78, 5) is 0.425. The summed E-state index contributed by atoms with van der Waals surface area (Å²) >= 11 is 3.83. The minimum atomic E-state index is -0.169. The van der Waals surface area contributed by atoms with Crippen molar-refractivity contribution < 1.29 is 14.2 Å². The van der Waals surface area contributed by atoms with Gasteiger partial charge in [-0.2, -0.15) is 0 Å². The van der Waals surface area contributed by atoms with Gasteiger partial charge in [0.15, 0.2) is 0 Å². The summed E-state index contributed by atoms with van der Waals surface area (Å²) in [5, 5.41) is 0. The van der Waals surface area contributed by atoms with Crippen LogP contribution in [-0.2, 0) is 20.8 Å². The number of alkyl halides is 1. The lowest BCUT2D eigenvalue weighted by molar-refractivity contribution is -0.0981. The molecule has 0 saturated carbocycles. The van der Waals surface area contributed by atoms with Crippen LogP contribution in [0.5, 0.6) is 0 Å². The van der Waals surface area contributed by atoms with Gasteiger partial charge in [-0.3, -0.25) is 0 Å². The van der Waals surface area contributed by atoms with Crippen LogP contribution in [0.25, 0.3) is 0 Å². The Labute approximate surface area is 147 Å². The minimum absolute atomic E-state index is 0.0791. The molecule has 1 aromatic carbocycles. The Hall–Kier alpha value is -0.420. The third-order valence-corrected chi connectivity index (χ3v) is 6.46. The zero-order valence-electron chi connectivity index (χ0n) is 14.3. The monoisotopic (exact) mass is 382 g/mol. The Kier molecular flexibility index (Phi) is 5.17. The van der Waals surface area contributed by atoms with E-state index >= 15 is 0 Å². The highest BCUT2D eigenvalue weighted by Gasteiger charge is 2.65. The van der Waals surface area contributed by atoms with Gasteiger partial charge < -0.3 is 14.2 Å². The number of rotatable bonds is 7. The van der Waals surface area contributed by atoms with Crippen molar-refractivity contribution in [1.29, 1.82) is 0 Å². The zero-order valence-corrected chi connectivity index (χ0v) is 15.8. The maximum absolute atomic E-state index is 6.45. The lowest BCUT2D eigenvalue weighted by atomic mass is 9.75. The average Bonchev–Trinajstić information content (AvgIpc) is 2.96. The maximum atomic E-state index is 6.45. The second-order valence-corrected chi connectivity index (χ2v) is 8.40. The molecule has 0 spiro atoms. The molecule has 0 aliphatic carbocycles. The molecule has 2 aliphatic rings. The molecule has 0 amide bonds. The number of hydrogen-bond donors (Lipinski definition) is 0. The summed E-state index contributed by atoms with van der Waals surface area (Å²) in [5.41, 5.74) is 0.950. The molecule has 0 aromatic heterocycles. The van der Waals surface area contributed by atoms with Gasteiger partial charge in [0.25, 0.3) is 0 Å². The lowest BCUT2D eigenvalue weighted by Gasteiger charge is -2.35. The van der Waals surface area contributed by atoms with Crippen molar-refractivity contribution in [2.45, 2.75) is 62.4 Å². The zero-order chi connectivity index (χ0) is 16.5. The van der Waals surface area contributed by atoms with Crippen molar-refractivity contribution in [2.24, 2.45) is 5.92 Å². The number of ether oxygens (including phenoxy) is 3. The Bertz CT molecular complexity index is 521. The fourth-order valence-electron chi connectivity index (χ4n) is 3.90. The van der Waals surface area contributed by atoms with Gasteiger partial charge in [-0.05, 0) is 24.8 Å². The first-order chi connectivity index (χ1) is 11.0. The third kappa shape index (κ3) is 3.37. The van der Waals surface area contributed by atoms with Crippen molar-refractivity contribution in [3.8, 4) is 0 Å². The maximum Gasteiger partial charge on any atom is 0.0936 e. The normalized spacial score (nSPS) is 36.0. The summed E-state index contributed by atoms with van der Waals surface area (Å²) in [6.07, 6.45) is 2.15. The van der Waals surface area contributed by atoms with E-state index in [2.05, 4.69) is 48.8 Å². The number of hydrogen-bond acceptors (Lipinski definition) is 3. The largest absolute Gasteiger partial charge is 0.374 e. The molecule has 3 nitrogen and oxygen atoms in total. The second kappa shape index (κ2) is 6.83. The number of fused-ring (bicyclic) bond motifs is 2. The molecule has 2 bridgehead atoms. The third-order valence-electron chi connectivity index (χ3n) is 5.36. The highest BCUT2D eigenvalue weighted by atomic mass is 79.9. The van der Waals surface area contributed by atoms with Crippen molar-refractivity contribution in [3.63, 3.8) is 0 Å². The molecule has 1 aromatic rings. The number of benzene rings is 1. The van der Waals surface area contributed by atoms with Crippen molar-refractivity contribution >= 4 is 15.9 Å². The van der Waals surface area contributed by atoms with Crippen molar-refractivity contribution in [2.75, 3.05) is 13.2 Å². The molecule has 4 atom stereocenters. The van der Waals surface area contributed by atoms with E-state index in [-0.39, 0.29) is 17.3 Å². The SMILES string of the molecule is CC(C)[C@]12C[C@@H](OCCOCc3ccccc3)[C@](C)(C[C@@H]1Br)O2. The molecule has 128 valence electrons. The first kappa shape index (κ1) is 17.4. The molecule has 0 unspecified atom stereocenters. The van der Waals surface area contributed by atoms with Gasteiger partial charge in [0, 0.05) is 11.2 Å². The van der Waals surface area contributed by atoms with Gasteiger partial charge in [0.05, 0.1) is 37.1 Å². The molecular formula is C19H27BrO3. The fraction of sp³-hybridized carbons (Fsp3) is 0.684. The quantitative estimate of drug-likeness (QED) is 0.518. The summed E-state index contributed by atoms with van der Waals surface area (Å²) < 4.78 is 18.3. The molecule has 2 heterocycles. The predicted octanol–water partition coefficient (Wildman–Crippen LogP) is 4.33. The standard InChI is InChI=1S/C19H27BrO3/c1-14(2)19-12-17(18(3,23-19)11-16(19)20)22-10-9-21-13-15-7-5-4-6-8-15/h4-8,14,16-17H,9-13H2,1-3H3/t16-,17+,18-,19+/m0/s1. The van der Waals surface area contributed by atoms with Crippen LogP contribution < -0.4 is 0 Å². The van der Waals surface area contributed by atoms with Gasteiger partial charge in [-0.25, -0.2) is 0 Å². The van der Waals surface area contributed by atoms with Gasteiger partial charge in [-0.15, -0.1) is 0 Å². The van der Waals surface area contributed by atoms with Gasteiger partial charge in [-0.1, -0.05) is 60.1 Å². The van der Waals surface area contributed by atoms with E-state index in [1.807, 2.05) is 18.2 Å². The first-order valence-corrected chi connectivity index (χ1v) is 9.45. The van der Waals surface area contributed by atoms with E-state index in [4.69, 9.17) is 14.2 Å².